The Hall–Kier alpha value is -1.06. The van der Waals surface area contributed by atoms with Crippen LogP contribution < -0.4 is 0 Å². The van der Waals surface area contributed by atoms with Crippen molar-refractivity contribution in [1.29, 1.82) is 0 Å². The number of carbonyl (C=O) groups is 2. The molecular weight excluding hydrogens is 196 g/mol. The summed E-state index contributed by atoms with van der Waals surface area (Å²) in [7, 11) is 0. The number of ether oxygens (including phenoxy) is 2. The van der Waals surface area contributed by atoms with Gasteiger partial charge >= 0.3 is 11.9 Å². The molecule has 4 nitrogen and oxygen atoms in total. The predicted octanol–water partition coefficient (Wildman–Crippen LogP) is 1.73. The minimum absolute atomic E-state index is 0.219. The zero-order chi connectivity index (χ0) is 11.9. The van der Waals surface area contributed by atoms with Gasteiger partial charge in [0.15, 0.2) is 0 Å². The van der Waals surface area contributed by atoms with Gasteiger partial charge in [-0.1, -0.05) is 0 Å². The number of hydrogen-bond donors (Lipinski definition) is 0. The van der Waals surface area contributed by atoms with Gasteiger partial charge in [0.25, 0.3) is 0 Å². The molecule has 0 spiro atoms. The van der Waals surface area contributed by atoms with E-state index in [1.54, 1.807) is 27.2 Å². The van der Waals surface area contributed by atoms with E-state index in [-0.39, 0.29) is 18.5 Å². The zero-order valence-electron chi connectivity index (χ0n) is 9.83. The molecule has 0 heterocycles. The van der Waals surface area contributed by atoms with Crippen molar-refractivity contribution in [2.45, 2.75) is 34.1 Å². The highest BCUT2D eigenvalue weighted by Gasteiger charge is 2.22. The largest absolute Gasteiger partial charge is 0.466 e. The van der Waals surface area contributed by atoms with Crippen LogP contribution in [-0.4, -0.2) is 25.2 Å². The van der Waals surface area contributed by atoms with Crippen LogP contribution in [0, 0.1) is 11.8 Å². The summed E-state index contributed by atoms with van der Waals surface area (Å²) >= 11 is 0. The highest BCUT2D eigenvalue weighted by molar-refractivity contribution is 5.75. The molecule has 0 aromatic heterocycles. The summed E-state index contributed by atoms with van der Waals surface area (Å²) in [4.78, 5) is 21.7. The molecule has 15 heavy (non-hydrogen) atoms. The first kappa shape index (κ1) is 13.9. The van der Waals surface area contributed by atoms with E-state index in [0.29, 0.717) is 13.0 Å². The summed E-state index contributed by atoms with van der Waals surface area (Å²) in [5.74, 6) is -0.527. The van der Waals surface area contributed by atoms with Gasteiger partial charge in [-0.2, -0.15) is 0 Å². The summed E-state index contributed by atoms with van der Waals surface area (Å²) in [6, 6.07) is 0. The number of hydrogen-bond acceptors (Lipinski definition) is 4. The summed E-state index contributed by atoms with van der Waals surface area (Å²) in [5.41, 5.74) is -0.462. The van der Waals surface area contributed by atoms with E-state index in [1.807, 2.05) is 0 Å². The Morgan fingerprint density at radius 1 is 1.20 bits per heavy atom. The topological polar surface area (TPSA) is 52.6 Å². The van der Waals surface area contributed by atoms with Gasteiger partial charge in [-0.15, -0.1) is 0 Å². The molecule has 0 saturated carbocycles. The first-order valence-corrected chi connectivity index (χ1v) is 4.96. The molecule has 0 aliphatic carbocycles. The molecule has 0 aliphatic rings. The van der Waals surface area contributed by atoms with Gasteiger partial charge < -0.3 is 9.47 Å². The maximum Gasteiger partial charge on any atom is 0.311 e. The maximum absolute atomic E-state index is 11.3. The third kappa shape index (κ3) is 7.97. The van der Waals surface area contributed by atoms with E-state index in [0.717, 1.165) is 0 Å². The second kappa shape index (κ2) is 6.43. The van der Waals surface area contributed by atoms with Crippen molar-refractivity contribution in [2.24, 2.45) is 5.41 Å². The van der Waals surface area contributed by atoms with Gasteiger partial charge in [0.05, 0.1) is 18.6 Å². The van der Waals surface area contributed by atoms with Gasteiger partial charge in [0, 0.05) is 13.3 Å². The average molecular weight is 215 g/mol. The lowest BCUT2D eigenvalue weighted by Crippen LogP contribution is -2.23. The standard InChI is InChI=1S/C11H19O4/c1-9(12)14-7-5-6-8-15-10(13)11(2,3)4/h5H,6-8H2,1-4H3. The number of rotatable bonds is 5. The monoisotopic (exact) mass is 215 g/mol. The van der Waals surface area contributed by atoms with Crippen LogP contribution in [0.4, 0.5) is 0 Å². The molecule has 4 heteroatoms. The molecule has 0 fully saturated rings. The predicted molar refractivity (Wildman–Crippen MR) is 56.0 cm³/mol. The summed E-state index contributed by atoms with van der Waals surface area (Å²) in [6.07, 6.45) is 2.35. The van der Waals surface area contributed by atoms with Crippen LogP contribution in [0.2, 0.25) is 0 Å². The molecule has 0 aromatic rings. The first-order chi connectivity index (χ1) is 6.84. The van der Waals surface area contributed by atoms with E-state index >= 15 is 0 Å². The van der Waals surface area contributed by atoms with Gasteiger partial charge in [0.2, 0.25) is 0 Å². The lowest BCUT2D eigenvalue weighted by atomic mass is 9.97. The molecule has 0 N–H and O–H groups in total. The maximum atomic E-state index is 11.3. The molecule has 1 radical (unpaired) electrons. The molecule has 0 unspecified atom stereocenters. The van der Waals surface area contributed by atoms with Crippen LogP contribution in [0.5, 0.6) is 0 Å². The van der Waals surface area contributed by atoms with E-state index in [1.165, 1.54) is 6.92 Å². The lowest BCUT2D eigenvalue weighted by Gasteiger charge is -2.16. The Labute approximate surface area is 90.9 Å². The molecule has 0 rings (SSSR count). The Kier molecular flexibility index (Phi) is 5.97. The van der Waals surface area contributed by atoms with Crippen LogP contribution in [0.3, 0.4) is 0 Å². The van der Waals surface area contributed by atoms with Gasteiger partial charge in [-0.05, 0) is 27.2 Å². The third-order valence-corrected chi connectivity index (χ3v) is 1.57. The first-order valence-electron chi connectivity index (χ1n) is 4.96. The smallest absolute Gasteiger partial charge is 0.311 e. The molecule has 0 atom stereocenters. The molecule has 0 bridgehead atoms. The Bertz CT molecular complexity index is 215. The van der Waals surface area contributed by atoms with Crippen LogP contribution in [0.25, 0.3) is 0 Å². The minimum atomic E-state index is -0.462. The van der Waals surface area contributed by atoms with E-state index in [9.17, 15) is 9.59 Å². The highest BCUT2D eigenvalue weighted by atomic mass is 16.5. The fourth-order valence-electron chi connectivity index (χ4n) is 0.711. The second-order valence-electron chi connectivity index (χ2n) is 4.27. The molecular formula is C11H19O4. The minimum Gasteiger partial charge on any atom is -0.466 e. The van der Waals surface area contributed by atoms with Gasteiger partial charge in [-0.3, -0.25) is 9.59 Å². The number of unbranched alkanes of at least 4 members (excludes halogenated alkanes) is 1. The number of esters is 2. The SMILES string of the molecule is CC(=O)OC[CH]CCOC(=O)C(C)(C)C. The van der Waals surface area contributed by atoms with Crippen molar-refractivity contribution in [2.75, 3.05) is 13.2 Å². The normalized spacial score (nSPS) is 10.9. The lowest BCUT2D eigenvalue weighted by molar-refractivity contribution is -0.153. The summed E-state index contributed by atoms with van der Waals surface area (Å²) in [6.45, 7) is 7.36. The van der Waals surface area contributed by atoms with Gasteiger partial charge in [-0.25, -0.2) is 0 Å². The molecule has 0 aliphatic heterocycles. The Morgan fingerprint density at radius 2 is 1.80 bits per heavy atom. The van der Waals surface area contributed by atoms with Crippen molar-refractivity contribution in [3.8, 4) is 0 Å². The molecule has 0 amide bonds. The highest BCUT2D eigenvalue weighted by Crippen LogP contribution is 2.15. The van der Waals surface area contributed by atoms with Crippen molar-refractivity contribution in [1.82, 2.24) is 0 Å². The van der Waals surface area contributed by atoms with Crippen molar-refractivity contribution in [3.63, 3.8) is 0 Å². The van der Waals surface area contributed by atoms with E-state index in [4.69, 9.17) is 4.74 Å². The summed E-state index contributed by atoms with van der Waals surface area (Å²) in [5, 5.41) is 0. The van der Waals surface area contributed by atoms with Crippen LogP contribution in [-0.2, 0) is 19.1 Å². The van der Waals surface area contributed by atoms with Crippen molar-refractivity contribution < 1.29 is 19.1 Å². The third-order valence-electron chi connectivity index (χ3n) is 1.57. The molecule has 0 saturated heterocycles. The Balaban J connectivity index is 3.40. The fourth-order valence-corrected chi connectivity index (χ4v) is 0.711. The molecule has 0 aromatic carbocycles. The van der Waals surface area contributed by atoms with Crippen molar-refractivity contribution >= 4 is 11.9 Å². The van der Waals surface area contributed by atoms with Crippen molar-refractivity contribution in [3.05, 3.63) is 6.42 Å². The van der Waals surface area contributed by atoms with E-state index in [2.05, 4.69) is 4.74 Å². The van der Waals surface area contributed by atoms with Crippen LogP contribution in [0.1, 0.15) is 34.1 Å². The second-order valence-corrected chi connectivity index (χ2v) is 4.27. The molecule has 87 valence electrons. The average Bonchev–Trinajstić information content (AvgIpc) is 2.08. The summed E-state index contributed by atoms with van der Waals surface area (Å²) < 4.78 is 9.68. The zero-order valence-corrected chi connectivity index (χ0v) is 9.83. The number of carbonyl (C=O) groups excluding carboxylic acids is 2. The Morgan fingerprint density at radius 3 is 2.27 bits per heavy atom. The van der Waals surface area contributed by atoms with Crippen LogP contribution >= 0.6 is 0 Å². The fraction of sp³-hybridized carbons (Fsp3) is 0.727. The quantitative estimate of drug-likeness (QED) is 0.517. The van der Waals surface area contributed by atoms with Crippen LogP contribution in [0.15, 0.2) is 0 Å². The van der Waals surface area contributed by atoms with Gasteiger partial charge in [0.1, 0.15) is 0 Å². The van der Waals surface area contributed by atoms with E-state index < -0.39 is 5.41 Å².